The summed E-state index contributed by atoms with van der Waals surface area (Å²) in [7, 11) is 0. The molecule has 0 aliphatic heterocycles. The number of nitriles is 1. The van der Waals surface area contributed by atoms with Crippen LogP contribution in [0.3, 0.4) is 0 Å². The molecule has 2 aromatic rings. The molecule has 0 aliphatic carbocycles. The number of rotatable bonds is 4. The van der Waals surface area contributed by atoms with Crippen molar-refractivity contribution in [2.24, 2.45) is 10.8 Å². The van der Waals surface area contributed by atoms with Crippen molar-refractivity contribution in [2.75, 3.05) is 5.43 Å². The predicted octanol–water partition coefficient (Wildman–Crippen LogP) is 2.86. The first-order valence-corrected chi connectivity index (χ1v) is 6.15. The summed E-state index contributed by atoms with van der Waals surface area (Å²) < 4.78 is 26.6. The average molecular weight is 299 g/mol. The van der Waals surface area contributed by atoms with Crippen LogP contribution in [-0.4, -0.2) is 11.5 Å². The topological polar surface area (TPSA) is 98.0 Å². The fraction of sp³-hybridized carbons (Fsp3) is 0. The molecule has 2 aromatic carbocycles. The highest BCUT2D eigenvalue weighted by atomic mass is 19.1. The van der Waals surface area contributed by atoms with Gasteiger partial charge in [-0.05, 0) is 29.8 Å². The lowest BCUT2D eigenvalue weighted by Crippen LogP contribution is -2.21. The smallest absolute Gasteiger partial charge is 0.201 e. The number of nitrogens with one attached hydrogen (secondary N) is 2. The van der Waals surface area contributed by atoms with Gasteiger partial charge in [0.2, 0.25) is 5.71 Å². The van der Waals surface area contributed by atoms with E-state index in [1.165, 1.54) is 12.1 Å². The van der Waals surface area contributed by atoms with Gasteiger partial charge in [-0.15, -0.1) is 0 Å². The van der Waals surface area contributed by atoms with Gasteiger partial charge in [0.25, 0.3) is 0 Å². The summed E-state index contributed by atoms with van der Waals surface area (Å²) in [5.74, 6) is -1.73. The maximum Gasteiger partial charge on any atom is 0.201 e. The van der Waals surface area contributed by atoms with Crippen molar-refractivity contribution in [3.63, 3.8) is 0 Å². The number of hydrogen-bond donors (Lipinski definition) is 3. The lowest BCUT2D eigenvalue weighted by molar-refractivity contribution is 0.585. The largest absolute Gasteiger partial charge is 0.382 e. The van der Waals surface area contributed by atoms with Gasteiger partial charge in [0.05, 0.1) is 5.69 Å². The second-order valence-electron chi connectivity index (χ2n) is 4.30. The molecule has 0 atom stereocenters. The number of benzene rings is 2. The second kappa shape index (κ2) is 6.45. The lowest BCUT2D eigenvalue weighted by Gasteiger charge is -2.06. The molecule has 0 spiro atoms. The molecule has 0 fully saturated rings. The Morgan fingerprint density at radius 1 is 1.18 bits per heavy atom. The standard InChI is InChI=1S/C15H11F2N5/c16-10-3-6-12(13(17)7-10)9-1-4-11(5-2-9)21-22-14(8-18)15(19)20/h1-7,21H,(H3,19,20)/b22-14+. The highest BCUT2D eigenvalue weighted by Gasteiger charge is 2.06. The van der Waals surface area contributed by atoms with E-state index in [1.807, 2.05) is 0 Å². The van der Waals surface area contributed by atoms with Crippen LogP contribution in [0.5, 0.6) is 0 Å². The lowest BCUT2D eigenvalue weighted by atomic mass is 10.0. The fourth-order valence-corrected chi connectivity index (χ4v) is 1.71. The van der Waals surface area contributed by atoms with E-state index in [-0.39, 0.29) is 11.3 Å². The third-order valence-electron chi connectivity index (χ3n) is 2.78. The Hall–Kier alpha value is -3.27. The molecule has 2 rings (SSSR count). The van der Waals surface area contributed by atoms with Crippen molar-refractivity contribution in [3.05, 3.63) is 54.1 Å². The minimum atomic E-state index is -0.651. The van der Waals surface area contributed by atoms with Crippen molar-refractivity contribution in [2.45, 2.75) is 0 Å². The Bertz CT molecular complexity index is 776. The second-order valence-corrected chi connectivity index (χ2v) is 4.30. The van der Waals surface area contributed by atoms with E-state index >= 15 is 0 Å². The van der Waals surface area contributed by atoms with E-state index in [0.717, 1.165) is 6.07 Å². The zero-order chi connectivity index (χ0) is 16.1. The van der Waals surface area contributed by atoms with Crippen molar-refractivity contribution in [1.29, 1.82) is 10.7 Å². The predicted molar refractivity (Wildman–Crippen MR) is 80.4 cm³/mol. The summed E-state index contributed by atoms with van der Waals surface area (Å²) in [6.45, 7) is 0. The summed E-state index contributed by atoms with van der Waals surface area (Å²) in [6.07, 6.45) is 0. The van der Waals surface area contributed by atoms with E-state index in [9.17, 15) is 8.78 Å². The Labute approximate surface area is 125 Å². The molecule has 7 heteroatoms. The number of amidine groups is 1. The van der Waals surface area contributed by atoms with Gasteiger partial charge in [-0.3, -0.25) is 10.8 Å². The first kappa shape index (κ1) is 15.1. The maximum atomic E-state index is 13.7. The van der Waals surface area contributed by atoms with Crippen LogP contribution < -0.4 is 11.2 Å². The normalized spacial score (nSPS) is 10.9. The maximum absolute atomic E-state index is 13.7. The molecule has 0 aliphatic rings. The van der Waals surface area contributed by atoms with Crippen LogP contribution >= 0.6 is 0 Å². The number of nitrogens with two attached hydrogens (primary N) is 1. The van der Waals surface area contributed by atoms with Crippen LogP contribution in [0, 0.1) is 28.4 Å². The van der Waals surface area contributed by atoms with Gasteiger partial charge < -0.3 is 5.73 Å². The van der Waals surface area contributed by atoms with Gasteiger partial charge in [-0.1, -0.05) is 12.1 Å². The molecule has 110 valence electrons. The van der Waals surface area contributed by atoms with Gasteiger partial charge >= 0.3 is 0 Å². The zero-order valence-corrected chi connectivity index (χ0v) is 11.3. The SMILES string of the molecule is N#C/C(=N\Nc1ccc(-c2ccc(F)cc2F)cc1)C(=N)N. The van der Waals surface area contributed by atoms with Crippen molar-refractivity contribution in [1.82, 2.24) is 0 Å². The van der Waals surface area contributed by atoms with E-state index in [1.54, 1.807) is 30.3 Å². The van der Waals surface area contributed by atoms with Crippen LogP contribution in [0.4, 0.5) is 14.5 Å². The molecule has 0 amide bonds. The fourth-order valence-electron chi connectivity index (χ4n) is 1.71. The van der Waals surface area contributed by atoms with Crippen LogP contribution in [0.15, 0.2) is 47.6 Å². The molecule has 0 aromatic heterocycles. The van der Waals surface area contributed by atoms with Gasteiger partial charge in [0.15, 0.2) is 5.84 Å². The number of hydrogen-bond acceptors (Lipinski definition) is 4. The molecule has 4 N–H and O–H groups in total. The van der Waals surface area contributed by atoms with E-state index in [4.69, 9.17) is 16.4 Å². The minimum absolute atomic E-state index is 0.242. The summed E-state index contributed by atoms with van der Waals surface area (Å²) in [6, 6.07) is 11.5. The van der Waals surface area contributed by atoms with Crippen LogP contribution in [0.2, 0.25) is 0 Å². The van der Waals surface area contributed by atoms with Crippen molar-refractivity contribution >= 4 is 17.2 Å². The molecule has 0 bridgehead atoms. The minimum Gasteiger partial charge on any atom is -0.382 e. The average Bonchev–Trinajstić information content (AvgIpc) is 2.48. The molecule has 0 saturated carbocycles. The zero-order valence-electron chi connectivity index (χ0n) is 11.3. The molecular formula is C15H11F2N5. The summed E-state index contributed by atoms with van der Waals surface area (Å²) in [5, 5.41) is 19.5. The quantitative estimate of drug-likeness (QED) is 0.460. The molecule has 0 unspecified atom stereocenters. The van der Waals surface area contributed by atoms with Gasteiger partial charge in [-0.25, -0.2) is 8.78 Å². The number of nitrogens with zero attached hydrogens (tertiary/aromatic N) is 2. The first-order valence-electron chi connectivity index (χ1n) is 6.15. The van der Waals surface area contributed by atoms with Crippen LogP contribution in [0.25, 0.3) is 11.1 Å². The van der Waals surface area contributed by atoms with Crippen LogP contribution in [-0.2, 0) is 0 Å². The van der Waals surface area contributed by atoms with Gasteiger partial charge in [0, 0.05) is 11.6 Å². The molecular weight excluding hydrogens is 288 g/mol. The summed E-state index contributed by atoms with van der Waals surface area (Å²) >= 11 is 0. The molecule has 0 radical (unpaired) electrons. The molecule has 5 nitrogen and oxygen atoms in total. The highest BCUT2D eigenvalue weighted by Crippen LogP contribution is 2.24. The Balaban J connectivity index is 2.21. The van der Waals surface area contributed by atoms with E-state index in [0.29, 0.717) is 11.3 Å². The Morgan fingerprint density at radius 3 is 2.41 bits per heavy atom. The van der Waals surface area contributed by atoms with E-state index in [2.05, 4.69) is 10.5 Å². The van der Waals surface area contributed by atoms with Gasteiger partial charge in [0.1, 0.15) is 17.7 Å². The monoisotopic (exact) mass is 299 g/mol. The van der Waals surface area contributed by atoms with Crippen LogP contribution in [0.1, 0.15) is 0 Å². The third kappa shape index (κ3) is 3.43. The Kier molecular flexibility index (Phi) is 4.44. The molecule has 0 heterocycles. The molecule has 0 saturated heterocycles. The summed E-state index contributed by atoms with van der Waals surface area (Å²) in [4.78, 5) is 0. The highest BCUT2D eigenvalue weighted by molar-refractivity contribution is 6.45. The Morgan fingerprint density at radius 2 is 1.86 bits per heavy atom. The summed E-state index contributed by atoms with van der Waals surface area (Å²) in [5.41, 5.74) is 8.86. The van der Waals surface area contributed by atoms with Crippen molar-refractivity contribution < 1.29 is 8.78 Å². The van der Waals surface area contributed by atoms with Gasteiger partial charge in [-0.2, -0.15) is 10.4 Å². The van der Waals surface area contributed by atoms with E-state index < -0.39 is 17.5 Å². The number of anilines is 1. The molecule has 22 heavy (non-hydrogen) atoms. The van der Waals surface area contributed by atoms with Crippen molar-refractivity contribution in [3.8, 4) is 17.2 Å². The third-order valence-corrected chi connectivity index (χ3v) is 2.78. The first-order chi connectivity index (χ1) is 10.5. The number of halogens is 2. The number of hydrazone groups is 1.